The summed E-state index contributed by atoms with van der Waals surface area (Å²) in [4.78, 5) is 21.4. The minimum Gasteiger partial charge on any atom is -0.378 e. The predicted octanol–water partition coefficient (Wildman–Crippen LogP) is 2.97. The molecule has 1 aliphatic heterocycles. The molecule has 3 atom stereocenters. The number of pyridine rings is 1. The molecule has 1 aromatic carbocycles. The van der Waals surface area contributed by atoms with Gasteiger partial charge in [0.05, 0.1) is 24.4 Å². The summed E-state index contributed by atoms with van der Waals surface area (Å²) in [6, 6.07) is 13.9. The van der Waals surface area contributed by atoms with Gasteiger partial charge in [0.15, 0.2) is 0 Å². The van der Waals surface area contributed by atoms with E-state index in [1.165, 1.54) is 0 Å². The quantitative estimate of drug-likeness (QED) is 0.831. The molecule has 0 N–H and O–H groups in total. The van der Waals surface area contributed by atoms with Crippen LogP contribution in [0, 0.1) is 5.92 Å². The highest BCUT2D eigenvalue weighted by Gasteiger charge is 2.49. The molecule has 1 aromatic heterocycles. The fraction of sp³-hybridized carbons (Fsp3) is 0.429. The van der Waals surface area contributed by atoms with Crippen LogP contribution in [0.4, 0.5) is 5.69 Å². The number of benzene rings is 1. The Morgan fingerprint density at radius 1 is 1.19 bits per heavy atom. The van der Waals surface area contributed by atoms with E-state index in [1.54, 1.807) is 6.20 Å². The zero-order chi connectivity index (χ0) is 18.1. The molecule has 0 spiro atoms. The van der Waals surface area contributed by atoms with Gasteiger partial charge in [-0.25, -0.2) is 0 Å². The second-order valence-corrected chi connectivity index (χ2v) is 7.40. The van der Waals surface area contributed by atoms with Crippen molar-refractivity contribution in [1.82, 2.24) is 9.88 Å². The van der Waals surface area contributed by atoms with E-state index in [0.717, 1.165) is 36.3 Å². The molecule has 136 valence electrons. The average molecular weight is 351 g/mol. The SMILES string of the molecule is CN(C)c1ccc(C(=O)N2CC3CCC2C3OCc2ccccn2)cc1. The number of fused-ring (bicyclic) bond motifs is 2. The highest BCUT2D eigenvalue weighted by atomic mass is 16.5. The molecule has 2 aliphatic rings. The van der Waals surface area contributed by atoms with Gasteiger partial charge in [0, 0.05) is 44.0 Å². The summed E-state index contributed by atoms with van der Waals surface area (Å²) in [6.45, 7) is 1.31. The fourth-order valence-corrected chi connectivity index (χ4v) is 4.16. The molecule has 5 nitrogen and oxygen atoms in total. The van der Waals surface area contributed by atoms with Crippen LogP contribution in [0.15, 0.2) is 48.7 Å². The van der Waals surface area contributed by atoms with Crippen molar-refractivity contribution in [3.8, 4) is 0 Å². The normalized spacial score (nSPS) is 24.1. The van der Waals surface area contributed by atoms with Gasteiger partial charge in [-0.05, 0) is 49.2 Å². The first-order valence-electron chi connectivity index (χ1n) is 9.23. The predicted molar refractivity (Wildman–Crippen MR) is 101 cm³/mol. The van der Waals surface area contributed by atoms with E-state index in [2.05, 4.69) is 4.98 Å². The summed E-state index contributed by atoms with van der Waals surface area (Å²) < 4.78 is 6.18. The van der Waals surface area contributed by atoms with Crippen LogP contribution in [0.5, 0.6) is 0 Å². The summed E-state index contributed by atoms with van der Waals surface area (Å²) >= 11 is 0. The third kappa shape index (κ3) is 3.19. The number of aromatic nitrogens is 1. The number of rotatable bonds is 5. The van der Waals surface area contributed by atoms with Gasteiger partial charge in [0.25, 0.3) is 5.91 Å². The summed E-state index contributed by atoms with van der Waals surface area (Å²) in [5.74, 6) is 0.558. The van der Waals surface area contributed by atoms with E-state index in [4.69, 9.17) is 4.74 Å². The largest absolute Gasteiger partial charge is 0.378 e. The van der Waals surface area contributed by atoms with Gasteiger partial charge in [-0.3, -0.25) is 9.78 Å². The lowest BCUT2D eigenvalue weighted by Crippen LogP contribution is -2.40. The highest BCUT2D eigenvalue weighted by Crippen LogP contribution is 2.40. The van der Waals surface area contributed by atoms with Crippen LogP contribution < -0.4 is 4.90 Å². The van der Waals surface area contributed by atoms with Crippen molar-refractivity contribution in [1.29, 1.82) is 0 Å². The van der Waals surface area contributed by atoms with Crippen LogP contribution in [0.3, 0.4) is 0 Å². The van der Waals surface area contributed by atoms with Crippen LogP contribution in [0.25, 0.3) is 0 Å². The molecule has 1 aliphatic carbocycles. The maximum Gasteiger partial charge on any atom is 0.254 e. The molecule has 5 heteroatoms. The van der Waals surface area contributed by atoms with Crippen molar-refractivity contribution in [2.24, 2.45) is 5.92 Å². The van der Waals surface area contributed by atoms with Crippen molar-refractivity contribution in [2.45, 2.75) is 31.6 Å². The van der Waals surface area contributed by atoms with E-state index in [9.17, 15) is 4.79 Å². The van der Waals surface area contributed by atoms with Crippen LogP contribution in [-0.2, 0) is 11.3 Å². The highest BCUT2D eigenvalue weighted by molar-refractivity contribution is 5.95. The molecule has 2 heterocycles. The van der Waals surface area contributed by atoms with E-state index in [0.29, 0.717) is 12.5 Å². The number of hydrogen-bond donors (Lipinski definition) is 0. The number of hydrogen-bond acceptors (Lipinski definition) is 4. The average Bonchev–Trinajstić information content (AvgIpc) is 3.23. The number of carbonyl (C=O) groups is 1. The van der Waals surface area contributed by atoms with Crippen LogP contribution in [0.2, 0.25) is 0 Å². The molecule has 2 aromatic rings. The summed E-state index contributed by atoms with van der Waals surface area (Å²) in [5.41, 5.74) is 2.80. The topological polar surface area (TPSA) is 45.7 Å². The number of piperidine rings is 1. The van der Waals surface area contributed by atoms with Crippen molar-refractivity contribution in [3.05, 3.63) is 59.9 Å². The molecule has 1 saturated carbocycles. The lowest BCUT2D eigenvalue weighted by molar-refractivity contribution is 0.0144. The Hall–Kier alpha value is -2.40. The third-order valence-electron chi connectivity index (χ3n) is 5.55. The number of carbonyl (C=O) groups excluding carboxylic acids is 1. The molecule has 26 heavy (non-hydrogen) atoms. The second-order valence-electron chi connectivity index (χ2n) is 7.40. The van der Waals surface area contributed by atoms with Crippen molar-refractivity contribution >= 4 is 11.6 Å². The molecule has 2 fully saturated rings. The molecule has 1 amide bonds. The van der Waals surface area contributed by atoms with Crippen LogP contribution in [0.1, 0.15) is 28.9 Å². The van der Waals surface area contributed by atoms with Crippen molar-refractivity contribution < 1.29 is 9.53 Å². The Labute approximate surface area is 154 Å². The first kappa shape index (κ1) is 17.0. The molecule has 2 bridgehead atoms. The second kappa shape index (κ2) is 7.08. The van der Waals surface area contributed by atoms with Gasteiger partial charge < -0.3 is 14.5 Å². The first-order chi connectivity index (χ1) is 12.6. The van der Waals surface area contributed by atoms with E-state index < -0.39 is 0 Å². The van der Waals surface area contributed by atoms with Gasteiger partial charge in [-0.15, -0.1) is 0 Å². The molecular weight excluding hydrogens is 326 g/mol. The summed E-state index contributed by atoms with van der Waals surface area (Å²) in [6.07, 6.45) is 4.08. The lowest BCUT2D eigenvalue weighted by atomic mass is 10.1. The maximum atomic E-state index is 13.0. The van der Waals surface area contributed by atoms with Gasteiger partial charge in [-0.2, -0.15) is 0 Å². The first-order valence-corrected chi connectivity index (χ1v) is 9.23. The van der Waals surface area contributed by atoms with E-state index >= 15 is 0 Å². The van der Waals surface area contributed by atoms with Gasteiger partial charge in [-0.1, -0.05) is 6.07 Å². The molecular formula is C21H25N3O2. The molecule has 1 saturated heterocycles. The number of nitrogens with zero attached hydrogens (tertiary/aromatic N) is 3. The minimum absolute atomic E-state index is 0.119. The Bertz CT molecular complexity index is 761. The number of anilines is 1. The summed E-state index contributed by atoms with van der Waals surface area (Å²) in [7, 11) is 4.00. The van der Waals surface area contributed by atoms with Crippen molar-refractivity contribution in [3.63, 3.8) is 0 Å². The zero-order valence-corrected chi connectivity index (χ0v) is 15.3. The van der Waals surface area contributed by atoms with Crippen LogP contribution in [-0.4, -0.2) is 48.6 Å². The monoisotopic (exact) mass is 351 g/mol. The van der Waals surface area contributed by atoms with Crippen molar-refractivity contribution in [2.75, 3.05) is 25.5 Å². The van der Waals surface area contributed by atoms with E-state index in [-0.39, 0.29) is 18.1 Å². The van der Waals surface area contributed by atoms with Gasteiger partial charge in [0.1, 0.15) is 0 Å². The van der Waals surface area contributed by atoms with Gasteiger partial charge >= 0.3 is 0 Å². The Morgan fingerprint density at radius 2 is 2.00 bits per heavy atom. The summed E-state index contributed by atoms with van der Waals surface area (Å²) in [5, 5.41) is 0. The Balaban J connectivity index is 1.43. The standard InChI is InChI=1S/C21H25N3O2/c1-23(2)18-9-6-15(7-10-18)21(25)24-13-16-8-11-19(24)20(16)26-14-17-5-3-4-12-22-17/h3-7,9-10,12,16,19-20H,8,11,13-14H2,1-2H3. The molecule has 0 radical (unpaired) electrons. The Morgan fingerprint density at radius 3 is 2.69 bits per heavy atom. The lowest BCUT2D eigenvalue weighted by Gasteiger charge is -2.27. The fourth-order valence-electron chi connectivity index (χ4n) is 4.16. The molecule has 4 rings (SSSR count). The Kier molecular flexibility index (Phi) is 4.64. The van der Waals surface area contributed by atoms with E-state index in [1.807, 2.05) is 66.4 Å². The number of ether oxygens (including phenoxy) is 1. The number of likely N-dealkylation sites (tertiary alicyclic amines) is 1. The zero-order valence-electron chi connectivity index (χ0n) is 15.3. The maximum absolute atomic E-state index is 13.0. The third-order valence-corrected chi connectivity index (χ3v) is 5.55. The van der Waals surface area contributed by atoms with Crippen LogP contribution >= 0.6 is 0 Å². The molecule has 3 unspecified atom stereocenters. The van der Waals surface area contributed by atoms with Gasteiger partial charge in [0.2, 0.25) is 0 Å². The minimum atomic E-state index is 0.119. The smallest absolute Gasteiger partial charge is 0.254 e. The number of amides is 1.